The highest BCUT2D eigenvalue weighted by Gasteiger charge is 2.36. The predicted octanol–water partition coefficient (Wildman–Crippen LogP) is 6.86. The normalized spacial score (nSPS) is 18.1. The molecule has 2 saturated heterocycles. The molecule has 4 heterocycles. The Hall–Kier alpha value is -3.97. The number of anilines is 5. The first kappa shape index (κ1) is 33.0. The van der Waals surface area contributed by atoms with Gasteiger partial charge in [-0.3, -0.25) is 9.80 Å². The molecule has 3 aromatic rings. The van der Waals surface area contributed by atoms with Crippen molar-refractivity contribution in [3.05, 3.63) is 71.4 Å². The summed E-state index contributed by atoms with van der Waals surface area (Å²) in [7, 11) is 0. The van der Waals surface area contributed by atoms with Crippen molar-refractivity contribution in [1.29, 1.82) is 0 Å². The van der Waals surface area contributed by atoms with Crippen LogP contribution in [-0.2, 0) is 19.1 Å². The average Bonchev–Trinajstić information content (AvgIpc) is 3.42. The summed E-state index contributed by atoms with van der Waals surface area (Å²) in [4.78, 5) is 15.4. The lowest BCUT2D eigenvalue weighted by molar-refractivity contribution is -0.137. The maximum absolute atomic E-state index is 14.0. The van der Waals surface area contributed by atoms with Crippen LogP contribution in [0, 0.1) is 0 Å². The van der Waals surface area contributed by atoms with Crippen LogP contribution >= 0.6 is 0 Å². The molecule has 3 aliphatic heterocycles. The summed E-state index contributed by atoms with van der Waals surface area (Å²) in [6.07, 6.45) is -5.18. The van der Waals surface area contributed by atoms with Crippen molar-refractivity contribution in [1.82, 2.24) is 25.1 Å². The lowest BCUT2D eigenvalue weighted by Crippen LogP contribution is -2.54. The molecule has 0 atom stereocenters. The van der Waals surface area contributed by atoms with Crippen molar-refractivity contribution in [2.45, 2.75) is 64.3 Å². The first-order valence-corrected chi connectivity index (χ1v) is 16.1. The molecule has 252 valence electrons. The van der Waals surface area contributed by atoms with Gasteiger partial charge in [-0.2, -0.15) is 18.2 Å². The molecule has 0 radical (unpaired) electrons. The number of alkyl halides is 5. The van der Waals surface area contributed by atoms with Gasteiger partial charge in [0.25, 0.3) is 0 Å². The van der Waals surface area contributed by atoms with Crippen molar-refractivity contribution in [2.24, 2.45) is 0 Å². The third kappa shape index (κ3) is 7.46. The summed E-state index contributed by atoms with van der Waals surface area (Å²) in [6, 6.07) is 11.6. The molecular weight excluding hydrogens is 615 g/mol. The van der Waals surface area contributed by atoms with Gasteiger partial charge in [0.15, 0.2) is 0 Å². The molecule has 2 aromatic carbocycles. The molecule has 0 amide bonds. The standard InChI is InChI=1S/C34H41F5N8/c1-21(2)45-13-15-47(16-14-45)25-9-11-46(12-10-25)26-7-8-28(24(17-26)18-30(35)36)43-33-41-20-27(34(37,38)39)32(44-33)42-29-6-4-5-23-19-40-22(3)31(23)29/h4-8,17,20-21,25,30,40H,3,9-16,18-19H2,1-2H3,(H2,41,42,43,44). The van der Waals surface area contributed by atoms with Gasteiger partial charge in [0.05, 0.1) is 0 Å². The Kier molecular flexibility index (Phi) is 9.56. The predicted molar refractivity (Wildman–Crippen MR) is 176 cm³/mol. The fourth-order valence-electron chi connectivity index (χ4n) is 6.83. The number of piperidine rings is 1. The highest BCUT2D eigenvalue weighted by atomic mass is 19.4. The zero-order valence-corrected chi connectivity index (χ0v) is 26.7. The Morgan fingerprint density at radius 2 is 1.72 bits per heavy atom. The maximum Gasteiger partial charge on any atom is 0.421 e. The molecule has 1 aromatic heterocycles. The van der Waals surface area contributed by atoms with Crippen LogP contribution in [0.1, 0.15) is 48.9 Å². The number of nitrogens with one attached hydrogen (secondary N) is 3. The monoisotopic (exact) mass is 656 g/mol. The van der Waals surface area contributed by atoms with E-state index in [1.807, 2.05) is 12.1 Å². The van der Waals surface area contributed by atoms with E-state index in [4.69, 9.17) is 0 Å². The largest absolute Gasteiger partial charge is 0.421 e. The number of hydrogen-bond acceptors (Lipinski definition) is 8. The SMILES string of the molecule is C=C1NCc2cccc(Nc3nc(Nc4ccc(N5CCC(N6CCN(C(C)C)CC6)CC5)cc4CC(F)F)ncc3C(F)(F)F)c21. The molecule has 0 unspecified atom stereocenters. The number of benzene rings is 2. The van der Waals surface area contributed by atoms with Gasteiger partial charge in [0.1, 0.15) is 11.4 Å². The van der Waals surface area contributed by atoms with Crippen LogP contribution in [0.4, 0.5) is 50.8 Å². The third-order valence-electron chi connectivity index (χ3n) is 9.43. The summed E-state index contributed by atoms with van der Waals surface area (Å²) in [5.41, 5.74) is 3.03. The lowest BCUT2D eigenvalue weighted by Gasteiger charge is -2.44. The van der Waals surface area contributed by atoms with E-state index >= 15 is 0 Å². The van der Waals surface area contributed by atoms with E-state index in [1.54, 1.807) is 24.3 Å². The summed E-state index contributed by atoms with van der Waals surface area (Å²) >= 11 is 0. The smallest absolute Gasteiger partial charge is 0.381 e. The topological polar surface area (TPSA) is 71.6 Å². The van der Waals surface area contributed by atoms with Gasteiger partial charge in [0.2, 0.25) is 12.4 Å². The number of fused-ring (bicyclic) bond motifs is 1. The summed E-state index contributed by atoms with van der Waals surface area (Å²) in [6.45, 7) is 14.8. The van der Waals surface area contributed by atoms with Crippen LogP contribution in [-0.4, -0.2) is 77.5 Å². The second-order valence-electron chi connectivity index (χ2n) is 12.7. The van der Waals surface area contributed by atoms with Gasteiger partial charge < -0.3 is 20.9 Å². The van der Waals surface area contributed by atoms with Crippen LogP contribution in [0.2, 0.25) is 0 Å². The van der Waals surface area contributed by atoms with E-state index in [-0.39, 0.29) is 5.95 Å². The van der Waals surface area contributed by atoms with E-state index in [0.717, 1.165) is 63.4 Å². The molecule has 3 aliphatic rings. The number of halogens is 5. The molecule has 3 N–H and O–H groups in total. The first-order chi connectivity index (χ1) is 22.5. The molecular formula is C34H41F5N8. The zero-order chi connectivity index (χ0) is 33.3. The minimum Gasteiger partial charge on any atom is -0.381 e. The first-order valence-electron chi connectivity index (χ1n) is 16.1. The van der Waals surface area contributed by atoms with Crippen molar-refractivity contribution in [3.8, 4) is 0 Å². The van der Waals surface area contributed by atoms with Gasteiger partial charge in [-0.15, -0.1) is 0 Å². The molecule has 0 spiro atoms. The molecule has 0 bridgehead atoms. The van der Waals surface area contributed by atoms with Gasteiger partial charge >= 0.3 is 6.18 Å². The lowest BCUT2D eigenvalue weighted by atomic mass is 10.0. The molecule has 8 nitrogen and oxygen atoms in total. The van der Waals surface area contributed by atoms with E-state index in [1.165, 1.54) is 0 Å². The van der Waals surface area contributed by atoms with Crippen LogP contribution in [0.25, 0.3) is 5.70 Å². The van der Waals surface area contributed by atoms with Gasteiger partial charge in [0, 0.05) is 98.8 Å². The second kappa shape index (κ2) is 13.6. The molecule has 2 fully saturated rings. The maximum atomic E-state index is 14.0. The fourth-order valence-corrected chi connectivity index (χ4v) is 6.83. The van der Waals surface area contributed by atoms with Gasteiger partial charge in [-0.1, -0.05) is 18.7 Å². The molecule has 47 heavy (non-hydrogen) atoms. The highest BCUT2D eigenvalue weighted by molar-refractivity contribution is 5.82. The number of hydrogen-bond donors (Lipinski definition) is 3. The van der Waals surface area contributed by atoms with Crippen molar-refractivity contribution in [3.63, 3.8) is 0 Å². The minimum absolute atomic E-state index is 0.147. The average molecular weight is 657 g/mol. The number of piperazine rings is 1. The molecule has 6 rings (SSSR count). The van der Waals surface area contributed by atoms with Crippen LogP contribution in [0.3, 0.4) is 0 Å². The number of rotatable bonds is 9. The Bertz CT molecular complexity index is 1580. The Labute approximate surface area is 272 Å². The quantitative estimate of drug-likeness (QED) is 0.216. The highest BCUT2D eigenvalue weighted by Crippen LogP contribution is 2.38. The van der Waals surface area contributed by atoms with E-state index < -0.39 is 30.4 Å². The summed E-state index contributed by atoms with van der Waals surface area (Å²) in [5, 5.41) is 8.84. The zero-order valence-electron chi connectivity index (χ0n) is 26.7. The third-order valence-corrected chi connectivity index (χ3v) is 9.43. The summed E-state index contributed by atoms with van der Waals surface area (Å²) in [5.74, 6) is -0.602. The Morgan fingerprint density at radius 3 is 2.40 bits per heavy atom. The van der Waals surface area contributed by atoms with Gasteiger partial charge in [-0.25, -0.2) is 13.8 Å². The van der Waals surface area contributed by atoms with E-state index in [0.29, 0.717) is 53.0 Å². The molecule has 13 heteroatoms. The van der Waals surface area contributed by atoms with E-state index in [2.05, 4.69) is 61.0 Å². The van der Waals surface area contributed by atoms with E-state index in [9.17, 15) is 22.0 Å². The van der Waals surface area contributed by atoms with Crippen molar-refractivity contribution >= 4 is 34.5 Å². The van der Waals surface area contributed by atoms with Crippen LogP contribution in [0.5, 0.6) is 0 Å². The van der Waals surface area contributed by atoms with Gasteiger partial charge in [-0.05, 0) is 62.1 Å². The molecule has 0 aliphatic carbocycles. The molecule has 0 saturated carbocycles. The van der Waals surface area contributed by atoms with Crippen LogP contribution in [0.15, 0.2) is 49.2 Å². The number of nitrogens with zero attached hydrogens (tertiary/aromatic N) is 5. The minimum atomic E-state index is -4.73. The van der Waals surface area contributed by atoms with Crippen LogP contribution < -0.4 is 20.9 Å². The fraction of sp³-hybridized carbons (Fsp3) is 0.471. The second-order valence-corrected chi connectivity index (χ2v) is 12.7. The number of aromatic nitrogens is 2. The Morgan fingerprint density at radius 1 is 0.979 bits per heavy atom. The summed E-state index contributed by atoms with van der Waals surface area (Å²) < 4.78 is 69.5. The Balaban J connectivity index is 1.19. The van der Waals surface area contributed by atoms with Crippen molar-refractivity contribution < 1.29 is 22.0 Å². The van der Waals surface area contributed by atoms with Crippen molar-refractivity contribution in [2.75, 3.05) is 54.8 Å².